The largest absolute Gasteiger partial charge is 0.462 e. The van der Waals surface area contributed by atoms with E-state index in [1.54, 1.807) is 0 Å². The highest BCUT2D eigenvalue weighted by Crippen LogP contribution is 2.16. The molecule has 0 bridgehead atoms. The van der Waals surface area contributed by atoms with Gasteiger partial charge in [0.2, 0.25) is 0 Å². The lowest BCUT2D eigenvalue weighted by atomic mass is 10.0. The highest BCUT2D eigenvalue weighted by molar-refractivity contribution is 5.71. The van der Waals surface area contributed by atoms with Crippen LogP contribution in [0.2, 0.25) is 0 Å². The van der Waals surface area contributed by atoms with Crippen LogP contribution in [-0.4, -0.2) is 37.2 Å². The van der Waals surface area contributed by atoms with Gasteiger partial charge in [-0.25, -0.2) is 0 Å². The molecule has 0 N–H and O–H groups in total. The number of esters is 3. The number of carbonyl (C=O) groups excluding carboxylic acids is 3. The van der Waals surface area contributed by atoms with Crippen molar-refractivity contribution in [2.24, 2.45) is 0 Å². The fraction of sp³-hybridized carbons (Fsp3) is 0.852. The predicted octanol–water partition coefficient (Wildman–Crippen LogP) is 19.7. The fourth-order valence-electron chi connectivity index (χ4n) is 8.65. The molecule has 0 radical (unpaired) electrons. The molecule has 67 heavy (non-hydrogen) atoms. The zero-order chi connectivity index (χ0) is 48.6. The summed E-state index contributed by atoms with van der Waals surface area (Å²) in [5.41, 5.74) is 0. The Morgan fingerprint density at radius 1 is 0.299 bits per heavy atom. The molecule has 0 aromatic rings. The van der Waals surface area contributed by atoms with Crippen molar-refractivity contribution >= 4 is 17.9 Å². The van der Waals surface area contributed by atoms with Gasteiger partial charge in [-0.2, -0.15) is 0 Å². The van der Waals surface area contributed by atoms with Crippen LogP contribution in [0.15, 0.2) is 36.5 Å². The number of allylic oxidation sites excluding steroid dienone is 6. The summed E-state index contributed by atoms with van der Waals surface area (Å²) >= 11 is 0. The second-order valence-corrected chi connectivity index (χ2v) is 19.9. The minimum atomic E-state index is -0.775. The number of hydrogen-bond donors (Lipinski definition) is 0. The van der Waals surface area contributed by atoms with E-state index in [9.17, 15) is 14.4 Å². The second kappa shape index (κ2) is 56.2. The molecule has 0 spiro atoms. The van der Waals surface area contributed by atoms with Crippen molar-refractivity contribution in [3.8, 4) is 0 Å². The molecule has 0 unspecified atom stereocenters. The first-order chi connectivity index (χ1) is 33.0. The molecule has 0 saturated carbocycles. The molecule has 0 saturated heterocycles. The zero-order valence-corrected chi connectivity index (χ0v) is 44.9. The summed E-state index contributed by atoms with van der Waals surface area (Å²) in [7, 11) is 0. The van der Waals surface area contributed by atoms with E-state index in [-0.39, 0.29) is 31.1 Å². The van der Waals surface area contributed by atoms with E-state index in [0.29, 0.717) is 19.3 Å². The summed E-state index contributed by atoms with van der Waals surface area (Å²) < 4.78 is 16.9. The predicted molar refractivity (Wildman–Crippen MR) is 289 cm³/mol. The van der Waals surface area contributed by atoms with Crippen molar-refractivity contribution in [3.05, 3.63) is 36.5 Å². The monoisotopic (exact) mass is 941 g/mol. The highest BCUT2D eigenvalue weighted by atomic mass is 16.6. The Balaban J connectivity index is 4.34. The molecule has 0 rings (SSSR count). The van der Waals surface area contributed by atoms with Crippen LogP contribution in [0.3, 0.4) is 0 Å². The number of rotatable bonds is 54. The molecule has 0 heterocycles. The van der Waals surface area contributed by atoms with E-state index in [2.05, 4.69) is 57.2 Å². The molecule has 0 amide bonds. The molecule has 0 aliphatic heterocycles. The van der Waals surface area contributed by atoms with Crippen LogP contribution in [0.1, 0.15) is 316 Å². The third-order valence-electron chi connectivity index (χ3n) is 13.1. The Bertz CT molecular complexity index is 1130. The van der Waals surface area contributed by atoms with Gasteiger partial charge in [-0.1, -0.05) is 256 Å². The van der Waals surface area contributed by atoms with Crippen LogP contribution in [0.4, 0.5) is 0 Å². The quantitative estimate of drug-likeness (QED) is 0.0262. The highest BCUT2D eigenvalue weighted by Gasteiger charge is 2.19. The van der Waals surface area contributed by atoms with E-state index in [4.69, 9.17) is 14.2 Å². The first-order valence-electron chi connectivity index (χ1n) is 29.5. The molecular weight excluding hydrogens is 829 g/mol. The number of hydrogen-bond acceptors (Lipinski definition) is 6. The number of ether oxygens (including phenoxy) is 3. The van der Waals surface area contributed by atoms with Gasteiger partial charge in [0, 0.05) is 19.3 Å². The Hall–Kier alpha value is -2.37. The summed E-state index contributed by atoms with van der Waals surface area (Å²) in [5, 5.41) is 0. The smallest absolute Gasteiger partial charge is 0.306 e. The third-order valence-corrected chi connectivity index (χ3v) is 13.1. The van der Waals surface area contributed by atoms with Crippen molar-refractivity contribution in [2.75, 3.05) is 13.2 Å². The Morgan fingerprint density at radius 2 is 0.537 bits per heavy atom. The van der Waals surface area contributed by atoms with Crippen molar-refractivity contribution < 1.29 is 28.6 Å². The van der Waals surface area contributed by atoms with Gasteiger partial charge in [0.15, 0.2) is 6.10 Å². The van der Waals surface area contributed by atoms with Gasteiger partial charge in [0.25, 0.3) is 0 Å². The van der Waals surface area contributed by atoms with Gasteiger partial charge in [0.1, 0.15) is 13.2 Å². The maximum atomic E-state index is 12.9. The maximum Gasteiger partial charge on any atom is 0.306 e. The van der Waals surface area contributed by atoms with Gasteiger partial charge in [-0.3, -0.25) is 14.4 Å². The minimum Gasteiger partial charge on any atom is -0.462 e. The van der Waals surface area contributed by atoms with Gasteiger partial charge >= 0.3 is 17.9 Å². The molecule has 0 fully saturated rings. The van der Waals surface area contributed by atoms with Gasteiger partial charge in [-0.05, 0) is 77.0 Å². The third kappa shape index (κ3) is 54.4. The Morgan fingerprint density at radius 3 is 0.866 bits per heavy atom. The van der Waals surface area contributed by atoms with E-state index >= 15 is 0 Å². The molecule has 1 atom stereocenters. The van der Waals surface area contributed by atoms with Crippen molar-refractivity contribution in [1.29, 1.82) is 0 Å². The lowest BCUT2D eigenvalue weighted by molar-refractivity contribution is -0.167. The summed E-state index contributed by atoms with van der Waals surface area (Å²) in [5.74, 6) is -0.867. The van der Waals surface area contributed by atoms with Crippen LogP contribution in [0, 0.1) is 0 Å². The first kappa shape index (κ1) is 64.6. The summed E-state index contributed by atoms with van der Waals surface area (Å²) in [6, 6.07) is 0. The van der Waals surface area contributed by atoms with E-state index in [1.165, 1.54) is 205 Å². The Labute approximate surface area is 416 Å². The van der Waals surface area contributed by atoms with Gasteiger partial charge in [0.05, 0.1) is 0 Å². The van der Waals surface area contributed by atoms with Gasteiger partial charge in [-0.15, -0.1) is 0 Å². The minimum absolute atomic E-state index is 0.0729. The number of unbranched alkanes of at least 4 members (excludes halogenated alkanes) is 37. The molecule has 0 aliphatic rings. The normalized spacial score (nSPS) is 12.2. The van der Waals surface area contributed by atoms with E-state index in [1.807, 2.05) is 0 Å². The Kier molecular flexibility index (Phi) is 54.2. The maximum absolute atomic E-state index is 12.9. The zero-order valence-electron chi connectivity index (χ0n) is 44.9. The van der Waals surface area contributed by atoms with Crippen LogP contribution in [0.25, 0.3) is 0 Å². The van der Waals surface area contributed by atoms with E-state index < -0.39 is 6.10 Å². The molecule has 6 nitrogen and oxygen atoms in total. The molecule has 0 aliphatic carbocycles. The van der Waals surface area contributed by atoms with E-state index in [0.717, 1.165) is 70.6 Å². The topological polar surface area (TPSA) is 78.9 Å². The van der Waals surface area contributed by atoms with Gasteiger partial charge < -0.3 is 14.2 Å². The summed E-state index contributed by atoms with van der Waals surface area (Å²) in [6.45, 7) is 6.64. The molecule has 392 valence electrons. The van der Waals surface area contributed by atoms with Crippen LogP contribution >= 0.6 is 0 Å². The van der Waals surface area contributed by atoms with Crippen LogP contribution in [-0.2, 0) is 28.6 Å². The molecule has 0 aromatic heterocycles. The van der Waals surface area contributed by atoms with Crippen molar-refractivity contribution in [1.82, 2.24) is 0 Å². The lowest BCUT2D eigenvalue weighted by Gasteiger charge is -2.18. The first-order valence-corrected chi connectivity index (χ1v) is 29.5. The molecule has 6 heteroatoms. The molecular formula is C61H112O6. The SMILES string of the molecule is CCCCC/C=C\C/C=C\CCCCCCCCCCCC(=O)OC[C@@H](COC(=O)CCCCCCCCCCCCCCCC)OC(=O)CCCCCCC/C=C\CCCCCCCCC. The average Bonchev–Trinajstić information content (AvgIpc) is 3.33. The van der Waals surface area contributed by atoms with Crippen LogP contribution < -0.4 is 0 Å². The summed E-state index contributed by atoms with van der Waals surface area (Å²) in [6.07, 6.45) is 67.0. The van der Waals surface area contributed by atoms with Crippen molar-refractivity contribution in [3.63, 3.8) is 0 Å². The van der Waals surface area contributed by atoms with Crippen LogP contribution in [0.5, 0.6) is 0 Å². The standard InChI is InChI=1S/C61H112O6/c1-4-7-10-13-16-19-22-25-28-30-31-32-34-36-39-42-45-48-51-54-60(63)66-57-58(56-65-59(62)53-50-47-44-41-38-35-27-24-21-18-15-12-9-6-3)67-61(64)55-52-49-46-43-40-37-33-29-26-23-20-17-14-11-8-5-2/h16,19,25,28-29,33,58H,4-15,17-18,20-24,26-27,30-32,34-57H2,1-3H3/b19-16-,28-25-,33-29-/t58-/m1/s1. The fourth-order valence-corrected chi connectivity index (χ4v) is 8.65. The van der Waals surface area contributed by atoms with Crippen molar-refractivity contribution in [2.45, 2.75) is 322 Å². The lowest BCUT2D eigenvalue weighted by Crippen LogP contribution is -2.30. The summed E-state index contributed by atoms with van der Waals surface area (Å²) in [4.78, 5) is 38.2. The second-order valence-electron chi connectivity index (χ2n) is 19.9. The molecule has 0 aromatic carbocycles. The average molecular weight is 942 g/mol. The number of carbonyl (C=O) groups is 3.